The number of nitrogens with zero attached hydrogens (tertiary/aromatic N) is 2. The van der Waals surface area contributed by atoms with E-state index in [0.29, 0.717) is 11.4 Å². The first-order chi connectivity index (χ1) is 34.0. The summed E-state index contributed by atoms with van der Waals surface area (Å²) in [6.07, 6.45) is 0. The normalized spacial score (nSPS) is 13.7. The minimum absolute atomic E-state index is 0.0800. The van der Waals surface area contributed by atoms with Crippen LogP contribution in [0.1, 0.15) is 12.3 Å². The summed E-state index contributed by atoms with van der Waals surface area (Å²) in [5, 5.41) is 6.37. The van der Waals surface area contributed by atoms with Crippen molar-refractivity contribution < 1.29 is 16.8 Å². The van der Waals surface area contributed by atoms with Crippen LogP contribution in [0.25, 0.3) is 93.6 Å². The Kier molecular flexibility index (Phi) is 6.28. The molecule has 3 heteroatoms. The Labute approximate surface area is 366 Å². The first-order valence-electron chi connectivity index (χ1n) is 24.6. The fraction of sp³-hybridized carbons (Fsp3) is 0. The lowest BCUT2D eigenvalue weighted by Crippen LogP contribution is -2.09. The van der Waals surface area contributed by atoms with Crippen molar-refractivity contribution in [2.75, 3.05) is 4.90 Å². The van der Waals surface area contributed by atoms with E-state index in [1.807, 2.05) is 109 Å². The first kappa shape index (κ1) is 26.8. The highest BCUT2D eigenvalue weighted by molar-refractivity contribution is 6.17. The molecule has 0 fully saturated rings. The third-order valence-corrected chi connectivity index (χ3v) is 11.6. The maximum Gasteiger partial charge on any atom is 0.143 e. The zero-order valence-corrected chi connectivity index (χ0v) is 32.5. The van der Waals surface area contributed by atoms with E-state index in [1.165, 1.54) is 0 Å². The average Bonchev–Trinajstić information content (AvgIpc) is 3.96. The van der Waals surface area contributed by atoms with Gasteiger partial charge in [-0.15, -0.1) is 0 Å². The smallest absolute Gasteiger partial charge is 0.143 e. The van der Waals surface area contributed by atoms with Crippen LogP contribution in [0.5, 0.6) is 0 Å². The SMILES string of the molecule is [2H]c1c([2H])c([2H])c(-c2c([2H])c([2H])c(N(c3ccc(-c4ccccc4-n4c5ccccc5c5ccccc54)cc3)c3ccc(-c4cccc5c4oc4c6ccccc6ccc54)cc3)c([2H])c2[2H])c([2H])c1[2H]. The van der Waals surface area contributed by atoms with E-state index < -0.39 is 59.9 Å². The third-order valence-electron chi connectivity index (χ3n) is 11.6. The fourth-order valence-electron chi connectivity index (χ4n) is 8.75. The van der Waals surface area contributed by atoms with Crippen LogP contribution >= 0.6 is 0 Å². The fourth-order valence-corrected chi connectivity index (χ4v) is 8.75. The van der Waals surface area contributed by atoms with E-state index in [4.69, 9.17) is 11.3 Å². The highest BCUT2D eigenvalue weighted by atomic mass is 16.3. The van der Waals surface area contributed by atoms with Gasteiger partial charge in [0.05, 0.1) is 29.1 Å². The monoisotopic (exact) mass is 787 g/mol. The van der Waals surface area contributed by atoms with Crippen LogP contribution in [0.15, 0.2) is 235 Å². The first-order valence-corrected chi connectivity index (χ1v) is 20.1. The molecule has 0 spiro atoms. The lowest BCUT2D eigenvalue weighted by molar-refractivity contribution is 0.674. The lowest BCUT2D eigenvalue weighted by atomic mass is 10.0. The number of anilines is 3. The van der Waals surface area contributed by atoms with Gasteiger partial charge in [0.15, 0.2) is 0 Å². The number of fused-ring (bicyclic) bond motifs is 8. The van der Waals surface area contributed by atoms with E-state index >= 15 is 0 Å². The zero-order valence-electron chi connectivity index (χ0n) is 41.5. The molecule has 0 aliphatic carbocycles. The molecule has 2 aromatic heterocycles. The van der Waals surface area contributed by atoms with E-state index in [2.05, 4.69) is 71.3 Å². The average molecular weight is 788 g/mol. The zero-order chi connectivity index (χ0) is 48.1. The molecule has 3 nitrogen and oxygen atoms in total. The van der Waals surface area contributed by atoms with Gasteiger partial charge >= 0.3 is 0 Å². The van der Waals surface area contributed by atoms with E-state index in [9.17, 15) is 5.48 Å². The van der Waals surface area contributed by atoms with Crippen LogP contribution in [0.3, 0.4) is 0 Å². The molecule has 0 bridgehead atoms. The number of aromatic nitrogens is 1. The quantitative estimate of drug-likeness (QED) is 0.160. The largest absolute Gasteiger partial charge is 0.455 e. The second-order valence-electron chi connectivity index (χ2n) is 15.0. The summed E-state index contributed by atoms with van der Waals surface area (Å²) in [6, 6.07) is 53.5. The molecule has 12 rings (SSSR count). The van der Waals surface area contributed by atoms with Gasteiger partial charge in [-0.05, 0) is 88.3 Å². The van der Waals surface area contributed by atoms with E-state index in [1.54, 1.807) is 4.90 Å². The Morgan fingerprint density at radius 3 is 1.61 bits per heavy atom. The van der Waals surface area contributed by atoms with Gasteiger partial charge in [-0.25, -0.2) is 0 Å². The Morgan fingerprint density at radius 2 is 0.902 bits per heavy atom. The predicted molar refractivity (Wildman–Crippen MR) is 257 cm³/mol. The summed E-state index contributed by atoms with van der Waals surface area (Å²) in [5.41, 5.74) is 8.47. The summed E-state index contributed by atoms with van der Waals surface area (Å²) in [4.78, 5) is 1.67. The highest BCUT2D eigenvalue weighted by Gasteiger charge is 2.19. The topological polar surface area (TPSA) is 21.3 Å². The number of rotatable bonds is 7. The van der Waals surface area contributed by atoms with Gasteiger partial charge in [-0.3, -0.25) is 0 Å². The molecule has 0 aliphatic heterocycles. The van der Waals surface area contributed by atoms with Crippen LogP contribution in [0.2, 0.25) is 0 Å². The molecular weight excluding hydrogens is 741 g/mol. The van der Waals surface area contributed by atoms with Crippen LogP contribution < -0.4 is 4.90 Å². The van der Waals surface area contributed by atoms with Crippen molar-refractivity contribution in [3.05, 3.63) is 230 Å². The van der Waals surface area contributed by atoms with Crippen LogP contribution in [0.4, 0.5) is 17.1 Å². The molecule has 0 N–H and O–H groups in total. The molecule has 12 aromatic rings. The van der Waals surface area contributed by atoms with Crippen LogP contribution in [-0.2, 0) is 0 Å². The van der Waals surface area contributed by atoms with Gasteiger partial charge in [-0.1, -0.05) is 170 Å². The Balaban J connectivity index is 1.02. The number of hydrogen-bond donors (Lipinski definition) is 0. The van der Waals surface area contributed by atoms with E-state index in [-0.39, 0.29) is 11.3 Å². The van der Waals surface area contributed by atoms with Gasteiger partial charge < -0.3 is 13.9 Å². The lowest BCUT2D eigenvalue weighted by Gasteiger charge is -2.26. The molecule has 0 radical (unpaired) electrons. The Morgan fingerprint density at radius 1 is 0.361 bits per heavy atom. The van der Waals surface area contributed by atoms with Crippen molar-refractivity contribution >= 4 is 71.6 Å². The molecule has 0 atom stereocenters. The van der Waals surface area contributed by atoms with Crippen LogP contribution in [0, 0.1) is 0 Å². The molecule has 0 saturated carbocycles. The van der Waals surface area contributed by atoms with Crippen molar-refractivity contribution in [2.24, 2.45) is 0 Å². The van der Waals surface area contributed by atoms with Gasteiger partial charge in [0, 0.05) is 55.1 Å². The summed E-state index contributed by atoms with van der Waals surface area (Å²) in [6.45, 7) is 0. The van der Waals surface area contributed by atoms with Gasteiger partial charge in [-0.2, -0.15) is 0 Å². The maximum absolute atomic E-state index is 9.54. The maximum atomic E-state index is 9.54. The minimum Gasteiger partial charge on any atom is -0.455 e. The summed E-state index contributed by atoms with van der Waals surface area (Å²) in [7, 11) is 0. The molecule has 2 heterocycles. The van der Waals surface area contributed by atoms with Crippen molar-refractivity contribution in [3.8, 4) is 39.1 Å². The number of hydrogen-bond acceptors (Lipinski definition) is 2. The van der Waals surface area contributed by atoms with Crippen molar-refractivity contribution in [1.82, 2.24) is 4.57 Å². The second kappa shape index (κ2) is 14.3. The summed E-state index contributed by atoms with van der Waals surface area (Å²) < 4.78 is 88.8. The van der Waals surface area contributed by atoms with Crippen molar-refractivity contribution in [3.63, 3.8) is 0 Å². The number of benzene rings is 10. The summed E-state index contributed by atoms with van der Waals surface area (Å²) >= 11 is 0. The van der Waals surface area contributed by atoms with Crippen molar-refractivity contribution in [1.29, 1.82) is 0 Å². The predicted octanol–water partition coefficient (Wildman–Crippen LogP) is 16.3. The van der Waals surface area contributed by atoms with Gasteiger partial charge in [0.25, 0.3) is 0 Å². The van der Waals surface area contributed by atoms with Gasteiger partial charge in [0.1, 0.15) is 11.2 Å². The molecule has 0 amide bonds. The Bertz CT molecular complexity index is 4010. The van der Waals surface area contributed by atoms with Gasteiger partial charge in [0.2, 0.25) is 0 Å². The molecule has 61 heavy (non-hydrogen) atoms. The summed E-state index contributed by atoms with van der Waals surface area (Å²) in [5.74, 6) is 0. The molecular formula is C58H38N2O. The second-order valence-corrected chi connectivity index (χ2v) is 15.0. The molecule has 286 valence electrons. The number of furan rings is 1. The molecule has 0 saturated heterocycles. The standard InChI is InChI=1S/C58H38N2O/c1-2-13-39(14-3-1)40-25-32-44(33-26-40)59(46-36-29-43(30-37-46)49-20-12-21-52-53-38-31-41-15-4-5-17-48(41)58(53)61-57(49)52)45-34-27-42(28-35-45)47-16-6-9-22-54(47)60-55-23-10-7-18-50(55)51-19-8-11-24-56(51)60/h1-38H/i1D,2D,3D,13D,14D,25D,26D,32D,33D. The van der Waals surface area contributed by atoms with E-state index in [0.717, 1.165) is 82.5 Å². The molecule has 0 unspecified atom stereocenters. The van der Waals surface area contributed by atoms with Crippen molar-refractivity contribution in [2.45, 2.75) is 0 Å². The van der Waals surface area contributed by atoms with Crippen LogP contribution in [-0.4, -0.2) is 4.57 Å². The highest BCUT2D eigenvalue weighted by Crippen LogP contribution is 2.42. The number of para-hydroxylation sites is 4. The molecule has 0 aliphatic rings. The third kappa shape index (κ3) is 5.82. The Hall–Kier alpha value is -8.14. The molecule has 10 aromatic carbocycles. The minimum atomic E-state index is -0.634.